The molecule has 5 heteroatoms. The van der Waals surface area contributed by atoms with Crippen molar-refractivity contribution in [2.24, 2.45) is 0 Å². The zero-order valence-corrected chi connectivity index (χ0v) is 13.7. The van der Waals surface area contributed by atoms with E-state index in [9.17, 15) is 14.4 Å². The molecule has 2 rings (SSSR count). The molecule has 120 valence electrons. The summed E-state index contributed by atoms with van der Waals surface area (Å²) in [6.07, 6.45) is 8.01. The van der Waals surface area contributed by atoms with E-state index in [1.54, 1.807) is 11.0 Å². The zero-order valence-electron chi connectivity index (χ0n) is 13.7. The summed E-state index contributed by atoms with van der Waals surface area (Å²) in [5, 5.41) is 2.29. The number of hydrogen-bond acceptors (Lipinski definition) is 3. The molecule has 1 atom stereocenters. The number of carbonyl (C=O) groups is 3. The first kappa shape index (κ1) is 17.9. The molecule has 0 aromatic rings. The summed E-state index contributed by atoms with van der Waals surface area (Å²) < 4.78 is 0. The van der Waals surface area contributed by atoms with Crippen LogP contribution in [0.5, 0.6) is 0 Å². The molecule has 1 saturated heterocycles. The maximum atomic E-state index is 12.4. The molecule has 2 aliphatic rings. The van der Waals surface area contributed by atoms with E-state index in [1.807, 2.05) is 45.9 Å². The van der Waals surface area contributed by atoms with Crippen molar-refractivity contribution in [2.75, 3.05) is 6.54 Å². The first-order chi connectivity index (χ1) is 10.6. The molecule has 0 aromatic carbocycles. The van der Waals surface area contributed by atoms with Gasteiger partial charge in [0.25, 0.3) is 5.91 Å². The van der Waals surface area contributed by atoms with E-state index in [0.29, 0.717) is 18.5 Å². The van der Waals surface area contributed by atoms with E-state index in [4.69, 9.17) is 0 Å². The summed E-state index contributed by atoms with van der Waals surface area (Å²) in [7, 11) is 0. The smallest absolute Gasteiger partial charge is 0.255 e. The number of carbonyl (C=O) groups excluding carboxylic acids is 3. The standard InChI is InChI=1S/C15H18N2O3.C2H6/c1-3-5-10-9-17(15(20)11(10)6-4-2)12-7-8-13(18)16-14(12)19;1-2/h3-6,12H,7-9H2,1-2H3,(H,16,18,19);1-2H3/b5-3-,6-4-;. The van der Waals surface area contributed by atoms with Crippen molar-refractivity contribution < 1.29 is 14.4 Å². The second kappa shape index (κ2) is 8.32. The summed E-state index contributed by atoms with van der Waals surface area (Å²) >= 11 is 0. The maximum Gasteiger partial charge on any atom is 0.255 e. The Kier molecular flexibility index (Phi) is 6.76. The van der Waals surface area contributed by atoms with Gasteiger partial charge in [-0.05, 0) is 25.8 Å². The summed E-state index contributed by atoms with van der Waals surface area (Å²) in [6.45, 7) is 8.15. The summed E-state index contributed by atoms with van der Waals surface area (Å²) in [4.78, 5) is 37.0. The number of piperidine rings is 1. The molecule has 5 nitrogen and oxygen atoms in total. The molecule has 0 radical (unpaired) electrons. The van der Waals surface area contributed by atoms with E-state index in [1.165, 1.54) is 0 Å². The van der Waals surface area contributed by atoms with Crippen LogP contribution in [-0.4, -0.2) is 35.2 Å². The van der Waals surface area contributed by atoms with Crippen molar-refractivity contribution >= 4 is 17.7 Å². The predicted octanol–water partition coefficient (Wildman–Crippen LogP) is 2.11. The van der Waals surface area contributed by atoms with E-state index >= 15 is 0 Å². The highest BCUT2D eigenvalue weighted by Crippen LogP contribution is 2.26. The van der Waals surface area contributed by atoms with Gasteiger partial charge < -0.3 is 4.90 Å². The van der Waals surface area contributed by atoms with Gasteiger partial charge in [0.15, 0.2) is 0 Å². The first-order valence-corrected chi connectivity index (χ1v) is 7.71. The quantitative estimate of drug-likeness (QED) is 0.812. The minimum Gasteiger partial charge on any atom is -0.322 e. The van der Waals surface area contributed by atoms with Crippen LogP contribution in [0.2, 0.25) is 0 Å². The molecule has 0 spiro atoms. The second-order valence-corrected chi connectivity index (χ2v) is 4.84. The van der Waals surface area contributed by atoms with Gasteiger partial charge in [0.1, 0.15) is 6.04 Å². The van der Waals surface area contributed by atoms with Crippen LogP contribution in [0.1, 0.15) is 40.5 Å². The fourth-order valence-electron chi connectivity index (χ4n) is 2.55. The molecule has 1 N–H and O–H groups in total. The largest absolute Gasteiger partial charge is 0.322 e. The molecule has 0 aliphatic carbocycles. The maximum absolute atomic E-state index is 12.4. The Morgan fingerprint density at radius 3 is 2.27 bits per heavy atom. The Bertz CT molecular complexity index is 544. The SMILES string of the molecule is C/C=C\C1=C(/C=C\C)C(=O)N(C2CCC(=O)NC2=O)C1.CC. The van der Waals surface area contributed by atoms with Gasteiger partial charge in [-0.25, -0.2) is 0 Å². The lowest BCUT2D eigenvalue weighted by molar-refractivity contribution is -0.142. The van der Waals surface area contributed by atoms with E-state index in [-0.39, 0.29) is 24.1 Å². The molecule has 2 aliphatic heterocycles. The third-order valence-electron chi connectivity index (χ3n) is 3.47. The van der Waals surface area contributed by atoms with Gasteiger partial charge in [-0.15, -0.1) is 0 Å². The number of rotatable bonds is 3. The summed E-state index contributed by atoms with van der Waals surface area (Å²) in [5.74, 6) is -0.796. The van der Waals surface area contributed by atoms with Gasteiger partial charge in [0.2, 0.25) is 11.8 Å². The lowest BCUT2D eigenvalue weighted by atomic mass is 10.0. The summed E-state index contributed by atoms with van der Waals surface area (Å²) in [6, 6.07) is -0.553. The van der Waals surface area contributed by atoms with Crippen LogP contribution in [-0.2, 0) is 14.4 Å². The van der Waals surface area contributed by atoms with Gasteiger partial charge in [0, 0.05) is 18.5 Å². The topological polar surface area (TPSA) is 66.5 Å². The fraction of sp³-hybridized carbons (Fsp3) is 0.471. The van der Waals surface area contributed by atoms with Crippen molar-refractivity contribution in [3.05, 3.63) is 35.5 Å². The van der Waals surface area contributed by atoms with Crippen molar-refractivity contribution in [1.82, 2.24) is 10.2 Å². The first-order valence-electron chi connectivity index (χ1n) is 7.71. The zero-order chi connectivity index (χ0) is 16.7. The minimum absolute atomic E-state index is 0.148. The lowest BCUT2D eigenvalue weighted by Gasteiger charge is -2.29. The van der Waals surface area contributed by atoms with Crippen molar-refractivity contribution in [3.8, 4) is 0 Å². The van der Waals surface area contributed by atoms with Crippen molar-refractivity contribution in [2.45, 2.75) is 46.6 Å². The molecule has 22 heavy (non-hydrogen) atoms. The molecular weight excluding hydrogens is 280 g/mol. The number of nitrogens with one attached hydrogen (secondary N) is 1. The van der Waals surface area contributed by atoms with Gasteiger partial charge in [-0.1, -0.05) is 38.2 Å². The van der Waals surface area contributed by atoms with Crippen molar-refractivity contribution in [1.29, 1.82) is 0 Å². The second-order valence-electron chi connectivity index (χ2n) is 4.84. The Morgan fingerprint density at radius 2 is 1.73 bits per heavy atom. The van der Waals surface area contributed by atoms with E-state index in [0.717, 1.165) is 5.57 Å². The number of amides is 3. The molecule has 1 unspecified atom stereocenters. The number of hydrogen-bond donors (Lipinski definition) is 1. The Morgan fingerprint density at radius 1 is 1.09 bits per heavy atom. The van der Waals surface area contributed by atoms with E-state index in [2.05, 4.69) is 5.32 Å². The molecule has 2 heterocycles. The van der Waals surface area contributed by atoms with Crippen LogP contribution < -0.4 is 5.32 Å². The minimum atomic E-state index is -0.553. The molecule has 0 aromatic heterocycles. The number of nitrogens with zero attached hydrogens (tertiary/aromatic N) is 1. The third-order valence-corrected chi connectivity index (χ3v) is 3.47. The normalized spacial score (nSPS) is 22.5. The fourth-order valence-corrected chi connectivity index (χ4v) is 2.55. The van der Waals surface area contributed by atoms with Crippen LogP contribution >= 0.6 is 0 Å². The highest BCUT2D eigenvalue weighted by Gasteiger charge is 2.38. The average Bonchev–Trinajstić information content (AvgIpc) is 2.80. The molecule has 0 bridgehead atoms. The average molecular weight is 304 g/mol. The van der Waals surface area contributed by atoms with Crippen LogP contribution in [0.4, 0.5) is 0 Å². The number of imide groups is 1. The van der Waals surface area contributed by atoms with Gasteiger partial charge >= 0.3 is 0 Å². The third kappa shape index (κ3) is 3.72. The highest BCUT2D eigenvalue weighted by molar-refractivity contribution is 6.06. The molecule has 3 amide bonds. The monoisotopic (exact) mass is 304 g/mol. The molecular formula is C17H24N2O3. The van der Waals surface area contributed by atoms with Gasteiger partial charge in [-0.2, -0.15) is 0 Å². The van der Waals surface area contributed by atoms with Gasteiger partial charge in [0.05, 0.1) is 0 Å². The number of allylic oxidation sites excluding steroid dienone is 2. The lowest BCUT2D eigenvalue weighted by Crippen LogP contribution is -2.53. The van der Waals surface area contributed by atoms with Crippen molar-refractivity contribution in [3.63, 3.8) is 0 Å². The van der Waals surface area contributed by atoms with Crippen LogP contribution in [0.3, 0.4) is 0 Å². The Labute approximate surface area is 131 Å². The van der Waals surface area contributed by atoms with Crippen LogP contribution in [0.25, 0.3) is 0 Å². The molecule has 1 fully saturated rings. The Balaban J connectivity index is 0.00000116. The van der Waals surface area contributed by atoms with Crippen LogP contribution in [0, 0.1) is 0 Å². The van der Waals surface area contributed by atoms with E-state index < -0.39 is 6.04 Å². The summed E-state index contributed by atoms with van der Waals surface area (Å²) in [5.41, 5.74) is 1.52. The Hall–Kier alpha value is -2.17. The predicted molar refractivity (Wildman–Crippen MR) is 85.9 cm³/mol. The highest BCUT2D eigenvalue weighted by atomic mass is 16.2. The molecule has 0 saturated carbocycles. The van der Waals surface area contributed by atoms with Crippen LogP contribution in [0.15, 0.2) is 35.5 Å². The van der Waals surface area contributed by atoms with Gasteiger partial charge in [-0.3, -0.25) is 19.7 Å².